The summed E-state index contributed by atoms with van der Waals surface area (Å²) in [4.78, 5) is 12.6. The van der Waals surface area contributed by atoms with Gasteiger partial charge < -0.3 is 14.8 Å². The second-order valence-corrected chi connectivity index (χ2v) is 10.2. The van der Waals surface area contributed by atoms with E-state index in [-0.39, 0.29) is 18.4 Å². The van der Waals surface area contributed by atoms with Crippen molar-refractivity contribution in [3.05, 3.63) is 89.5 Å². The number of anilines is 1. The highest BCUT2D eigenvalue weighted by atomic mass is 32.2. The van der Waals surface area contributed by atoms with Crippen LogP contribution in [0, 0.1) is 0 Å². The molecule has 1 heterocycles. The molecule has 0 saturated carbocycles. The number of fused-ring (bicyclic) bond motifs is 1. The van der Waals surface area contributed by atoms with Crippen LogP contribution in [0.4, 0.5) is 5.69 Å². The first-order chi connectivity index (χ1) is 16.3. The summed E-state index contributed by atoms with van der Waals surface area (Å²) >= 11 is 0. The van der Waals surface area contributed by atoms with E-state index >= 15 is 0 Å². The molecule has 1 unspecified atom stereocenters. The van der Waals surface area contributed by atoms with Crippen molar-refractivity contribution < 1.29 is 22.7 Å². The zero-order valence-electron chi connectivity index (χ0n) is 19.2. The number of carbonyl (C=O) groups excluding carboxylic acids is 1. The first kappa shape index (κ1) is 23.6. The third kappa shape index (κ3) is 5.69. The van der Waals surface area contributed by atoms with Crippen molar-refractivity contribution in [3.8, 4) is 11.5 Å². The number of carbonyl (C=O) groups is 1. The maximum absolute atomic E-state index is 12.6. The van der Waals surface area contributed by atoms with E-state index in [2.05, 4.69) is 12.2 Å². The van der Waals surface area contributed by atoms with E-state index in [4.69, 9.17) is 9.47 Å². The molecular formula is C26H28N2O5S. The van der Waals surface area contributed by atoms with Crippen LogP contribution in [0.1, 0.15) is 34.3 Å². The van der Waals surface area contributed by atoms with Crippen molar-refractivity contribution in [2.24, 2.45) is 0 Å². The van der Waals surface area contributed by atoms with Crippen molar-refractivity contribution in [2.75, 3.05) is 30.3 Å². The highest BCUT2D eigenvalue weighted by molar-refractivity contribution is 7.92. The number of ether oxygens (including phenoxy) is 2. The standard InChI is InChI=1S/C26H28N2O5S/c1-19(21-6-4-3-5-7-21)17-27-26(29)22-10-8-20(9-11-22)18-28(34(2,30)31)23-12-13-24-25(16-23)33-15-14-32-24/h3-13,16,19H,14-15,17-18H2,1-2H3,(H,27,29). The van der Waals surface area contributed by atoms with Gasteiger partial charge in [-0.15, -0.1) is 0 Å². The molecule has 3 aromatic rings. The summed E-state index contributed by atoms with van der Waals surface area (Å²) in [5.74, 6) is 1.15. The molecule has 7 nitrogen and oxygen atoms in total. The van der Waals surface area contributed by atoms with Crippen molar-refractivity contribution in [2.45, 2.75) is 19.4 Å². The number of benzene rings is 3. The SMILES string of the molecule is CC(CNC(=O)c1ccc(CN(c2ccc3c(c2)OCCO3)S(C)(=O)=O)cc1)c1ccccc1. The fourth-order valence-corrected chi connectivity index (χ4v) is 4.64. The Morgan fingerprint density at radius 1 is 0.971 bits per heavy atom. The van der Waals surface area contributed by atoms with Crippen molar-refractivity contribution in [3.63, 3.8) is 0 Å². The summed E-state index contributed by atoms with van der Waals surface area (Å²) in [5.41, 5.74) is 2.94. The van der Waals surface area contributed by atoms with E-state index in [1.807, 2.05) is 30.3 Å². The molecular weight excluding hydrogens is 452 g/mol. The van der Waals surface area contributed by atoms with Crippen molar-refractivity contribution >= 4 is 21.6 Å². The summed E-state index contributed by atoms with van der Waals surface area (Å²) in [7, 11) is -3.56. The van der Waals surface area contributed by atoms with E-state index in [1.165, 1.54) is 10.6 Å². The highest BCUT2D eigenvalue weighted by Crippen LogP contribution is 2.35. The first-order valence-corrected chi connectivity index (χ1v) is 13.0. The molecule has 0 aliphatic carbocycles. The Labute approximate surface area is 200 Å². The van der Waals surface area contributed by atoms with Gasteiger partial charge in [0.25, 0.3) is 5.91 Å². The third-order valence-corrected chi connectivity index (χ3v) is 6.83. The van der Waals surface area contributed by atoms with Crippen LogP contribution in [0.2, 0.25) is 0 Å². The van der Waals surface area contributed by atoms with Gasteiger partial charge in [-0.1, -0.05) is 49.4 Å². The fraction of sp³-hybridized carbons (Fsp3) is 0.269. The van der Waals surface area contributed by atoms with Gasteiger partial charge in [-0.3, -0.25) is 9.10 Å². The van der Waals surface area contributed by atoms with E-state index in [9.17, 15) is 13.2 Å². The Morgan fingerprint density at radius 3 is 2.32 bits per heavy atom. The van der Waals surface area contributed by atoms with Gasteiger partial charge in [-0.05, 0) is 41.3 Å². The smallest absolute Gasteiger partial charge is 0.251 e. The van der Waals surface area contributed by atoms with Gasteiger partial charge >= 0.3 is 0 Å². The normalized spacial score (nSPS) is 13.7. The molecule has 0 bridgehead atoms. The third-order valence-electron chi connectivity index (χ3n) is 5.69. The van der Waals surface area contributed by atoms with Crippen LogP contribution in [0.3, 0.4) is 0 Å². The molecule has 178 valence electrons. The minimum absolute atomic E-state index is 0.130. The lowest BCUT2D eigenvalue weighted by Gasteiger charge is -2.25. The number of hydrogen-bond donors (Lipinski definition) is 1. The van der Waals surface area contributed by atoms with Gasteiger partial charge in [0.2, 0.25) is 10.0 Å². The molecule has 0 aromatic heterocycles. The van der Waals surface area contributed by atoms with Gasteiger partial charge in [-0.25, -0.2) is 8.42 Å². The molecule has 34 heavy (non-hydrogen) atoms. The summed E-state index contributed by atoms with van der Waals surface area (Å²) in [5, 5.41) is 2.97. The number of nitrogens with one attached hydrogen (secondary N) is 1. The molecule has 1 aliphatic heterocycles. The zero-order chi connectivity index (χ0) is 24.1. The largest absolute Gasteiger partial charge is 0.486 e. The maximum Gasteiger partial charge on any atom is 0.251 e. The lowest BCUT2D eigenvalue weighted by atomic mass is 10.0. The van der Waals surface area contributed by atoms with Crippen molar-refractivity contribution in [1.29, 1.82) is 0 Å². The van der Waals surface area contributed by atoms with Gasteiger partial charge in [0.1, 0.15) is 13.2 Å². The molecule has 1 atom stereocenters. The van der Waals surface area contributed by atoms with Crippen LogP contribution in [0.25, 0.3) is 0 Å². The van der Waals surface area contributed by atoms with E-state index in [0.717, 1.165) is 11.1 Å². The molecule has 0 radical (unpaired) electrons. The minimum Gasteiger partial charge on any atom is -0.486 e. The first-order valence-electron chi connectivity index (χ1n) is 11.1. The van der Waals surface area contributed by atoms with Crippen molar-refractivity contribution in [1.82, 2.24) is 5.32 Å². The quantitative estimate of drug-likeness (QED) is 0.528. The topological polar surface area (TPSA) is 84.9 Å². The molecule has 3 aromatic carbocycles. The molecule has 1 amide bonds. The Balaban J connectivity index is 1.43. The minimum atomic E-state index is -3.56. The molecule has 1 aliphatic rings. The summed E-state index contributed by atoms with van der Waals surface area (Å²) in [6, 6.07) is 22.1. The van der Waals surface area contributed by atoms with Gasteiger partial charge in [0.05, 0.1) is 18.5 Å². The summed E-state index contributed by atoms with van der Waals surface area (Å²) in [6.07, 6.45) is 1.17. The molecule has 1 N–H and O–H groups in total. The second-order valence-electron chi connectivity index (χ2n) is 8.32. The lowest BCUT2D eigenvalue weighted by molar-refractivity contribution is 0.0951. The summed E-state index contributed by atoms with van der Waals surface area (Å²) < 4.78 is 37.5. The Morgan fingerprint density at radius 2 is 1.65 bits per heavy atom. The number of amides is 1. The van der Waals surface area contributed by atoms with Crippen LogP contribution in [-0.4, -0.2) is 40.3 Å². The zero-order valence-corrected chi connectivity index (χ0v) is 20.0. The van der Waals surface area contributed by atoms with Crippen LogP contribution in [0.15, 0.2) is 72.8 Å². The Kier molecular flexibility index (Phi) is 7.07. The lowest BCUT2D eigenvalue weighted by Crippen LogP contribution is -2.30. The molecule has 8 heteroatoms. The highest BCUT2D eigenvalue weighted by Gasteiger charge is 2.21. The van der Waals surface area contributed by atoms with Crippen LogP contribution < -0.4 is 19.1 Å². The maximum atomic E-state index is 12.6. The molecule has 4 rings (SSSR count). The number of nitrogens with zero attached hydrogens (tertiary/aromatic N) is 1. The predicted octanol–water partition coefficient (Wildman–Crippen LogP) is 3.96. The van der Waals surface area contributed by atoms with E-state index < -0.39 is 10.0 Å². The Hall–Kier alpha value is -3.52. The van der Waals surface area contributed by atoms with Crippen LogP contribution in [0.5, 0.6) is 11.5 Å². The molecule has 0 spiro atoms. The Bertz CT molecular complexity index is 1240. The number of rotatable bonds is 8. The average molecular weight is 481 g/mol. The van der Waals surface area contributed by atoms with Gasteiger partial charge in [-0.2, -0.15) is 0 Å². The second kappa shape index (κ2) is 10.2. The monoisotopic (exact) mass is 480 g/mol. The number of hydrogen-bond acceptors (Lipinski definition) is 5. The predicted molar refractivity (Wildman–Crippen MR) is 132 cm³/mol. The van der Waals surface area contributed by atoms with Crippen LogP contribution in [-0.2, 0) is 16.6 Å². The van der Waals surface area contributed by atoms with Gasteiger partial charge in [0.15, 0.2) is 11.5 Å². The average Bonchev–Trinajstić information content (AvgIpc) is 2.85. The fourth-order valence-electron chi connectivity index (χ4n) is 3.76. The van der Waals surface area contributed by atoms with Gasteiger partial charge in [0, 0.05) is 18.2 Å². The van der Waals surface area contributed by atoms with E-state index in [0.29, 0.717) is 42.5 Å². The molecule has 0 fully saturated rings. The van der Waals surface area contributed by atoms with Crippen LogP contribution >= 0.6 is 0 Å². The molecule has 0 saturated heterocycles. The van der Waals surface area contributed by atoms with E-state index in [1.54, 1.807) is 42.5 Å². The summed E-state index contributed by atoms with van der Waals surface area (Å²) in [6.45, 7) is 3.61. The number of sulfonamides is 1.